The summed E-state index contributed by atoms with van der Waals surface area (Å²) in [5, 5.41) is 0. The molecule has 0 aliphatic rings. The Morgan fingerprint density at radius 3 is 1.30 bits per heavy atom. The molecule has 140 valence electrons. The molecule has 4 heteroatoms. The summed E-state index contributed by atoms with van der Waals surface area (Å²) in [7, 11) is -2.20. The maximum absolute atomic E-state index is 9.12. The lowest BCUT2D eigenvalue weighted by molar-refractivity contribution is 0.147. The molecule has 2 N–H and O–H groups in total. The summed E-state index contributed by atoms with van der Waals surface area (Å²) >= 11 is 0. The van der Waals surface area contributed by atoms with Crippen LogP contribution in [0.25, 0.3) is 0 Å². The lowest BCUT2D eigenvalue weighted by Crippen LogP contribution is -2.10. The Bertz CT molecular complexity index is 207. The van der Waals surface area contributed by atoms with Crippen molar-refractivity contribution in [2.75, 3.05) is 0 Å². The Balaban J connectivity index is 3.60. The Hall–Kier alpha value is 0.310. The zero-order valence-electron chi connectivity index (χ0n) is 15.6. The third-order valence-electron chi connectivity index (χ3n) is 4.50. The van der Waals surface area contributed by atoms with E-state index < -0.39 is 8.60 Å². The Morgan fingerprint density at radius 1 is 0.609 bits per heavy atom. The molecule has 0 aliphatic carbocycles. The minimum absolute atomic E-state index is 0.0439. The largest absolute Gasteiger partial charge is 0.328 e. The van der Waals surface area contributed by atoms with Gasteiger partial charge in [-0.15, -0.1) is 0 Å². The van der Waals surface area contributed by atoms with Gasteiger partial charge in [0.15, 0.2) is 0 Å². The van der Waals surface area contributed by atoms with Crippen LogP contribution in [-0.2, 0) is 4.52 Å². The normalized spacial score (nSPS) is 11.7. The van der Waals surface area contributed by atoms with Gasteiger partial charge in [-0.25, -0.2) is 0 Å². The first-order valence-electron chi connectivity index (χ1n) is 10.0. The summed E-state index contributed by atoms with van der Waals surface area (Å²) in [5.41, 5.74) is 0. The molecule has 0 aromatic carbocycles. The van der Waals surface area contributed by atoms with E-state index in [1.54, 1.807) is 0 Å². The lowest BCUT2D eigenvalue weighted by Gasteiger charge is -2.17. The minimum Gasteiger partial charge on any atom is -0.328 e. The topological polar surface area (TPSA) is 49.7 Å². The third-order valence-corrected chi connectivity index (χ3v) is 4.99. The molecule has 0 spiro atoms. The van der Waals surface area contributed by atoms with Crippen LogP contribution in [0.5, 0.6) is 0 Å². The molecule has 0 saturated heterocycles. The SMILES string of the molecule is CCCCCCCCCC(CCCCCCCCC)OP(O)O. The zero-order chi connectivity index (χ0) is 17.2. The Morgan fingerprint density at radius 2 is 0.957 bits per heavy atom. The van der Waals surface area contributed by atoms with Crippen molar-refractivity contribution < 1.29 is 14.3 Å². The highest BCUT2D eigenvalue weighted by molar-refractivity contribution is 7.39. The number of hydrogen-bond donors (Lipinski definition) is 2. The van der Waals surface area contributed by atoms with Crippen LogP contribution in [0, 0.1) is 0 Å². The van der Waals surface area contributed by atoms with Gasteiger partial charge >= 0.3 is 8.60 Å². The number of rotatable bonds is 18. The van der Waals surface area contributed by atoms with E-state index in [9.17, 15) is 0 Å². The average Bonchev–Trinajstić information content (AvgIpc) is 2.52. The van der Waals surface area contributed by atoms with Gasteiger partial charge in [-0.2, -0.15) is 0 Å². The summed E-state index contributed by atoms with van der Waals surface area (Å²) < 4.78 is 5.32. The molecule has 0 atom stereocenters. The molecule has 0 aromatic rings. The van der Waals surface area contributed by atoms with Gasteiger partial charge in [0, 0.05) is 0 Å². The third kappa shape index (κ3) is 18.5. The van der Waals surface area contributed by atoms with E-state index in [0.29, 0.717) is 0 Å². The van der Waals surface area contributed by atoms with Crippen molar-refractivity contribution in [3.8, 4) is 0 Å². The van der Waals surface area contributed by atoms with Crippen molar-refractivity contribution in [1.29, 1.82) is 0 Å². The minimum atomic E-state index is -2.20. The van der Waals surface area contributed by atoms with Crippen LogP contribution in [0.3, 0.4) is 0 Å². The molecule has 0 aromatic heterocycles. The summed E-state index contributed by atoms with van der Waals surface area (Å²) in [6.45, 7) is 4.49. The first-order valence-corrected chi connectivity index (χ1v) is 11.2. The van der Waals surface area contributed by atoms with Crippen molar-refractivity contribution in [3.63, 3.8) is 0 Å². The average molecular weight is 349 g/mol. The van der Waals surface area contributed by atoms with Crippen molar-refractivity contribution in [3.05, 3.63) is 0 Å². The fourth-order valence-corrected chi connectivity index (χ4v) is 3.52. The highest BCUT2D eigenvalue weighted by Crippen LogP contribution is 2.31. The van der Waals surface area contributed by atoms with Crippen LogP contribution in [-0.4, -0.2) is 15.9 Å². The van der Waals surface area contributed by atoms with Crippen LogP contribution in [0.4, 0.5) is 0 Å². The second kappa shape index (κ2) is 18.6. The summed E-state index contributed by atoms with van der Waals surface area (Å²) in [6.07, 6.45) is 20.1. The molecular weight excluding hydrogens is 307 g/mol. The van der Waals surface area contributed by atoms with Gasteiger partial charge in [0.05, 0.1) is 6.10 Å². The van der Waals surface area contributed by atoms with Gasteiger partial charge < -0.3 is 14.3 Å². The Kier molecular flexibility index (Phi) is 18.9. The van der Waals surface area contributed by atoms with Gasteiger partial charge in [-0.05, 0) is 12.8 Å². The van der Waals surface area contributed by atoms with Crippen molar-refractivity contribution in [2.45, 2.75) is 123 Å². The molecule has 0 fully saturated rings. The van der Waals surface area contributed by atoms with E-state index >= 15 is 0 Å². The fraction of sp³-hybridized carbons (Fsp3) is 1.00. The Labute approximate surface area is 146 Å². The second-order valence-corrected chi connectivity index (χ2v) is 7.52. The van der Waals surface area contributed by atoms with Gasteiger partial charge in [0.2, 0.25) is 0 Å². The maximum atomic E-state index is 9.12. The van der Waals surface area contributed by atoms with E-state index in [2.05, 4.69) is 13.8 Å². The molecule has 0 radical (unpaired) electrons. The highest BCUT2D eigenvalue weighted by atomic mass is 31.2. The lowest BCUT2D eigenvalue weighted by atomic mass is 10.0. The van der Waals surface area contributed by atoms with Crippen molar-refractivity contribution in [2.24, 2.45) is 0 Å². The van der Waals surface area contributed by atoms with Crippen LogP contribution < -0.4 is 0 Å². The van der Waals surface area contributed by atoms with E-state index in [0.717, 1.165) is 25.7 Å². The molecule has 0 rings (SSSR count). The monoisotopic (exact) mass is 348 g/mol. The molecule has 0 bridgehead atoms. The summed E-state index contributed by atoms with van der Waals surface area (Å²) in [5.74, 6) is 0. The zero-order valence-corrected chi connectivity index (χ0v) is 16.5. The number of hydrogen-bond acceptors (Lipinski definition) is 3. The standard InChI is InChI=1S/C19H41O3P/c1-3-5-7-9-11-13-15-17-19(22-23(20)21)18-16-14-12-10-8-6-4-2/h19-21H,3-18H2,1-2H3. The smallest absolute Gasteiger partial charge is 0.327 e. The predicted molar refractivity (Wildman–Crippen MR) is 101 cm³/mol. The second-order valence-electron chi connectivity index (χ2n) is 6.80. The van der Waals surface area contributed by atoms with Gasteiger partial charge in [-0.1, -0.05) is 104 Å². The molecule has 0 heterocycles. The van der Waals surface area contributed by atoms with E-state index in [1.165, 1.54) is 77.0 Å². The van der Waals surface area contributed by atoms with Crippen LogP contribution in [0.2, 0.25) is 0 Å². The first kappa shape index (κ1) is 23.3. The van der Waals surface area contributed by atoms with Crippen LogP contribution in [0.1, 0.15) is 117 Å². The van der Waals surface area contributed by atoms with Gasteiger partial charge in [-0.3, -0.25) is 0 Å². The highest BCUT2D eigenvalue weighted by Gasteiger charge is 2.13. The summed E-state index contributed by atoms with van der Waals surface area (Å²) in [4.78, 5) is 18.2. The summed E-state index contributed by atoms with van der Waals surface area (Å²) in [6, 6.07) is 0. The quantitative estimate of drug-likeness (QED) is 0.210. The molecule has 0 saturated carbocycles. The molecule has 0 aliphatic heterocycles. The molecular formula is C19H41O3P. The molecule has 23 heavy (non-hydrogen) atoms. The maximum Gasteiger partial charge on any atom is 0.327 e. The number of unbranched alkanes of at least 4 members (excludes halogenated alkanes) is 12. The van der Waals surface area contributed by atoms with Crippen molar-refractivity contribution >= 4 is 8.60 Å². The van der Waals surface area contributed by atoms with E-state index in [-0.39, 0.29) is 6.10 Å². The predicted octanol–water partition coefficient (Wildman–Crippen LogP) is 6.86. The van der Waals surface area contributed by atoms with Crippen LogP contribution >= 0.6 is 8.60 Å². The fourth-order valence-electron chi connectivity index (χ4n) is 3.04. The van der Waals surface area contributed by atoms with Crippen LogP contribution in [0.15, 0.2) is 0 Å². The van der Waals surface area contributed by atoms with E-state index in [1.807, 2.05) is 0 Å². The first-order chi connectivity index (χ1) is 11.2. The van der Waals surface area contributed by atoms with Gasteiger partial charge in [0.1, 0.15) is 0 Å². The molecule has 3 nitrogen and oxygen atoms in total. The molecule has 0 amide bonds. The van der Waals surface area contributed by atoms with Gasteiger partial charge in [0.25, 0.3) is 0 Å². The molecule has 0 unspecified atom stereocenters. The van der Waals surface area contributed by atoms with E-state index in [4.69, 9.17) is 14.3 Å². The van der Waals surface area contributed by atoms with Crippen molar-refractivity contribution in [1.82, 2.24) is 0 Å².